The molecule has 0 bridgehead atoms. The Labute approximate surface area is 143 Å². The van der Waals surface area contributed by atoms with E-state index in [0.717, 1.165) is 11.3 Å². The highest BCUT2D eigenvalue weighted by Gasteiger charge is 2.17. The van der Waals surface area contributed by atoms with Gasteiger partial charge >= 0.3 is 0 Å². The summed E-state index contributed by atoms with van der Waals surface area (Å²) in [7, 11) is 0. The van der Waals surface area contributed by atoms with E-state index in [2.05, 4.69) is 10.4 Å². The number of rotatable bonds is 3. The number of amides is 1. The highest BCUT2D eigenvalue weighted by Crippen LogP contribution is 2.16. The van der Waals surface area contributed by atoms with E-state index in [1.165, 1.54) is 22.9 Å². The van der Waals surface area contributed by atoms with Crippen molar-refractivity contribution in [2.24, 2.45) is 0 Å². The smallest absolute Gasteiger partial charge is 0.280 e. The molecule has 1 aromatic heterocycles. The van der Waals surface area contributed by atoms with Crippen molar-refractivity contribution in [3.8, 4) is 5.69 Å². The van der Waals surface area contributed by atoms with Gasteiger partial charge in [0, 0.05) is 11.8 Å². The largest absolute Gasteiger partial charge is 0.318 e. The van der Waals surface area contributed by atoms with Gasteiger partial charge in [0.15, 0.2) is 5.69 Å². The van der Waals surface area contributed by atoms with Crippen LogP contribution in [0.15, 0.2) is 59.4 Å². The molecule has 0 aliphatic heterocycles. The first-order chi connectivity index (χ1) is 12.0. The van der Waals surface area contributed by atoms with Crippen molar-refractivity contribution in [3.63, 3.8) is 0 Å². The number of carbonyl (C=O) groups excluding carboxylic acids is 1. The van der Waals surface area contributed by atoms with Gasteiger partial charge in [0.1, 0.15) is 5.82 Å². The number of aromatic nitrogens is 2. The predicted molar refractivity (Wildman–Crippen MR) is 93.7 cm³/mol. The quantitative estimate of drug-likeness (QED) is 0.798. The van der Waals surface area contributed by atoms with Gasteiger partial charge in [0.05, 0.1) is 11.4 Å². The molecule has 5 nitrogen and oxygen atoms in total. The van der Waals surface area contributed by atoms with E-state index in [9.17, 15) is 14.0 Å². The van der Waals surface area contributed by atoms with Gasteiger partial charge in [-0.3, -0.25) is 9.59 Å². The van der Waals surface area contributed by atoms with Crippen molar-refractivity contribution in [2.75, 3.05) is 5.32 Å². The maximum absolute atomic E-state index is 13.9. The Balaban J connectivity index is 1.99. The molecule has 0 fully saturated rings. The Morgan fingerprint density at radius 2 is 1.80 bits per heavy atom. The third kappa shape index (κ3) is 3.47. The van der Waals surface area contributed by atoms with E-state index >= 15 is 0 Å². The van der Waals surface area contributed by atoms with E-state index in [4.69, 9.17) is 0 Å². The molecule has 25 heavy (non-hydrogen) atoms. The second-order valence-corrected chi connectivity index (χ2v) is 5.68. The first-order valence-electron chi connectivity index (χ1n) is 7.69. The number of hydrogen-bond acceptors (Lipinski definition) is 3. The second kappa shape index (κ2) is 6.68. The molecule has 1 amide bonds. The van der Waals surface area contributed by atoms with Crippen molar-refractivity contribution in [1.82, 2.24) is 9.78 Å². The minimum Gasteiger partial charge on any atom is -0.318 e. The first kappa shape index (κ1) is 16.6. The van der Waals surface area contributed by atoms with E-state index < -0.39 is 17.2 Å². The third-order valence-corrected chi connectivity index (χ3v) is 3.70. The van der Waals surface area contributed by atoms with Crippen LogP contribution in [0, 0.1) is 19.7 Å². The zero-order chi connectivity index (χ0) is 18.0. The zero-order valence-corrected chi connectivity index (χ0v) is 13.8. The van der Waals surface area contributed by atoms with Crippen LogP contribution >= 0.6 is 0 Å². The lowest BCUT2D eigenvalue weighted by molar-refractivity contribution is 0.101. The van der Waals surface area contributed by atoms with Crippen LogP contribution in [-0.4, -0.2) is 15.7 Å². The van der Waals surface area contributed by atoms with Crippen molar-refractivity contribution >= 4 is 11.6 Å². The molecule has 0 atom stereocenters. The van der Waals surface area contributed by atoms with Crippen molar-refractivity contribution in [1.29, 1.82) is 0 Å². The lowest BCUT2D eigenvalue weighted by atomic mass is 10.2. The molecule has 3 aromatic rings. The van der Waals surface area contributed by atoms with Crippen molar-refractivity contribution in [3.05, 3.63) is 87.6 Å². The fourth-order valence-corrected chi connectivity index (χ4v) is 2.44. The van der Waals surface area contributed by atoms with E-state index in [0.29, 0.717) is 5.69 Å². The molecule has 3 rings (SSSR count). The highest BCUT2D eigenvalue weighted by atomic mass is 19.1. The summed E-state index contributed by atoms with van der Waals surface area (Å²) in [5.74, 6) is -1.32. The summed E-state index contributed by atoms with van der Waals surface area (Å²) in [5, 5.41) is 6.56. The molecule has 0 unspecified atom stereocenters. The molecule has 2 aromatic carbocycles. The van der Waals surface area contributed by atoms with Gasteiger partial charge < -0.3 is 5.32 Å². The molecule has 1 N–H and O–H groups in total. The van der Waals surface area contributed by atoms with Gasteiger partial charge in [-0.15, -0.1) is 0 Å². The van der Waals surface area contributed by atoms with Crippen molar-refractivity contribution in [2.45, 2.75) is 13.8 Å². The normalized spacial score (nSPS) is 10.5. The average molecular weight is 337 g/mol. The molecule has 0 aliphatic carbocycles. The van der Waals surface area contributed by atoms with Crippen LogP contribution in [0.3, 0.4) is 0 Å². The van der Waals surface area contributed by atoms with E-state index in [1.54, 1.807) is 19.9 Å². The molecule has 1 heterocycles. The first-order valence-corrected chi connectivity index (χ1v) is 7.69. The number of halogens is 1. The van der Waals surface area contributed by atoms with Gasteiger partial charge in [-0.25, -0.2) is 9.07 Å². The molecule has 0 saturated carbocycles. The number of nitrogens with one attached hydrogen (secondary N) is 1. The van der Waals surface area contributed by atoms with Crippen LogP contribution in [0.4, 0.5) is 10.1 Å². The standard InChI is InChI=1S/C19H16FN3O2/c1-12-8-9-16(15(20)10-12)21-19(25)18-17(24)11-13(2)23(22-18)14-6-4-3-5-7-14/h3-11H,1-2H3,(H,21,25). The summed E-state index contributed by atoms with van der Waals surface area (Å²) in [6.45, 7) is 3.47. The zero-order valence-electron chi connectivity index (χ0n) is 13.8. The maximum Gasteiger partial charge on any atom is 0.280 e. The van der Waals surface area contributed by atoms with Gasteiger partial charge in [-0.1, -0.05) is 24.3 Å². The number of aryl methyl sites for hydroxylation is 2. The molecule has 0 spiro atoms. The Kier molecular flexibility index (Phi) is 4.43. The monoisotopic (exact) mass is 337 g/mol. The Hall–Kier alpha value is -3.28. The number of para-hydroxylation sites is 1. The summed E-state index contributed by atoms with van der Waals surface area (Å²) in [6.07, 6.45) is 0. The lowest BCUT2D eigenvalue weighted by Crippen LogP contribution is -2.27. The predicted octanol–water partition coefficient (Wildman–Crippen LogP) is 3.24. The fourth-order valence-electron chi connectivity index (χ4n) is 2.44. The third-order valence-electron chi connectivity index (χ3n) is 3.70. The van der Waals surface area contributed by atoms with Gasteiger partial charge in [0.2, 0.25) is 5.43 Å². The van der Waals surface area contributed by atoms with Crippen LogP contribution in [0.5, 0.6) is 0 Å². The number of hydrogen-bond donors (Lipinski definition) is 1. The van der Waals surface area contributed by atoms with Crippen LogP contribution in [0.2, 0.25) is 0 Å². The molecule has 0 saturated heterocycles. The SMILES string of the molecule is Cc1ccc(NC(=O)c2nn(-c3ccccc3)c(C)cc2=O)c(F)c1. The topological polar surface area (TPSA) is 64.0 Å². The van der Waals surface area contributed by atoms with Crippen LogP contribution in [-0.2, 0) is 0 Å². The maximum atomic E-state index is 13.9. The number of benzene rings is 2. The number of nitrogens with zero attached hydrogens (tertiary/aromatic N) is 2. The molecule has 126 valence electrons. The molecule has 6 heteroatoms. The number of anilines is 1. The Morgan fingerprint density at radius 1 is 1.08 bits per heavy atom. The minimum atomic E-state index is -0.752. The summed E-state index contributed by atoms with van der Waals surface area (Å²) >= 11 is 0. The van der Waals surface area contributed by atoms with Gasteiger partial charge in [-0.2, -0.15) is 5.10 Å². The van der Waals surface area contributed by atoms with Crippen LogP contribution < -0.4 is 10.7 Å². The van der Waals surface area contributed by atoms with E-state index in [1.807, 2.05) is 30.3 Å². The highest BCUT2D eigenvalue weighted by molar-refractivity contribution is 6.02. The molecule has 0 aliphatic rings. The van der Waals surface area contributed by atoms with Gasteiger partial charge in [0.25, 0.3) is 5.91 Å². The van der Waals surface area contributed by atoms with E-state index in [-0.39, 0.29) is 11.4 Å². The molecule has 0 radical (unpaired) electrons. The summed E-state index contributed by atoms with van der Waals surface area (Å²) in [6, 6.07) is 14.9. The summed E-state index contributed by atoms with van der Waals surface area (Å²) < 4.78 is 15.4. The Bertz CT molecular complexity index is 997. The lowest BCUT2D eigenvalue weighted by Gasteiger charge is -2.11. The van der Waals surface area contributed by atoms with Crippen molar-refractivity contribution < 1.29 is 9.18 Å². The fraction of sp³-hybridized carbons (Fsp3) is 0.105. The minimum absolute atomic E-state index is 0.00337. The Morgan fingerprint density at radius 3 is 2.48 bits per heavy atom. The second-order valence-electron chi connectivity index (χ2n) is 5.68. The summed E-state index contributed by atoms with van der Waals surface area (Å²) in [5.41, 5.74) is 1.23. The molecular weight excluding hydrogens is 321 g/mol. The molecular formula is C19H16FN3O2. The average Bonchev–Trinajstić information content (AvgIpc) is 2.58. The summed E-state index contributed by atoms with van der Waals surface area (Å²) in [4.78, 5) is 24.6. The van der Waals surface area contributed by atoms with Crippen LogP contribution in [0.25, 0.3) is 5.69 Å². The number of carbonyl (C=O) groups is 1. The van der Waals surface area contributed by atoms with Crippen LogP contribution in [0.1, 0.15) is 21.7 Å². The van der Waals surface area contributed by atoms with Gasteiger partial charge in [-0.05, 0) is 43.7 Å².